The van der Waals surface area contributed by atoms with E-state index in [0.717, 1.165) is 25.7 Å². The molecule has 0 aromatic heterocycles. The molecule has 26 heavy (non-hydrogen) atoms. The zero-order valence-electron chi connectivity index (χ0n) is 16.0. The van der Waals surface area contributed by atoms with E-state index >= 15 is 0 Å². The number of phenols is 2. The van der Waals surface area contributed by atoms with Gasteiger partial charge in [0.15, 0.2) is 0 Å². The number of rotatable bonds is 11. The smallest absolute Gasteiger partial charge is 0.342 e. The minimum absolute atomic E-state index is 0.0189. The van der Waals surface area contributed by atoms with Gasteiger partial charge >= 0.3 is 5.97 Å². The molecule has 146 valence electrons. The summed E-state index contributed by atoms with van der Waals surface area (Å²) in [5.41, 5.74) is 0.871. The Labute approximate surface area is 156 Å². The summed E-state index contributed by atoms with van der Waals surface area (Å²) in [7, 11) is 1.76. The van der Waals surface area contributed by atoms with E-state index in [1.54, 1.807) is 13.2 Å². The lowest BCUT2D eigenvalue weighted by Crippen LogP contribution is -2.27. The second kappa shape index (κ2) is 10.4. The van der Waals surface area contributed by atoms with Crippen molar-refractivity contribution in [3.8, 4) is 11.5 Å². The fraction of sp³-hybridized carbons (Fsp3) is 0.667. The Morgan fingerprint density at radius 1 is 1.12 bits per heavy atom. The predicted molar refractivity (Wildman–Crippen MR) is 101 cm³/mol. The molecule has 1 heterocycles. The molecule has 2 N–H and O–H groups in total. The first kappa shape index (κ1) is 20.6. The van der Waals surface area contributed by atoms with Gasteiger partial charge in [0, 0.05) is 19.6 Å². The minimum atomic E-state index is -0.487. The van der Waals surface area contributed by atoms with Gasteiger partial charge in [0.25, 0.3) is 0 Å². The number of ether oxygens (including phenoxy) is 2. The molecule has 0 fully saturated rings. The maximum absolute atomic E-state index is 12.1. The molecular weight excluding hydrogens is 332 g/mol. The number of phenolic OH excluding ortho intramolecular Hbond substituents is 2. The van der Waals surface area contributed by atoms with Crippen molar-refractivity contribution in [1.82, 2.24) is 0 Å². The van der Waals surface area contributed by atoms with Crippen molar-refractivity contribution in [2.24, 2.45) is 0 Å². The molecule has 1 aromatic rings. The van der Waals surface area contributed by atoms with Gasteiger partial charge in [0.2, 0.25) is 0 Å². The van der Waals surface area contributed by atoms with Crippen molar-refractivity contribution < 1.29 is 24.5 Å². The first-order valence-corrected chi connectivity index (χ1v) is 9.80. The molecule has 0 spiro atoms. The van der Waals surface area contributed by atoms with Crippen LogP contribution in [0.2, 0.25) is 0 Å². The zero-order valence-corrected chi connectivity index (χ0v) is 16.0. The van der Waals surface area contributed by atoms with Gasteiger partial charge in [-0.05, 0) is 37.8 Å². The van der Waals surface area contributed by atoms with Crippen LogP contribution in [0.5, 0.6) is 11.5 Å². The van der Waals surface area contributed by atoms with Crippen molar-refractivity contribution in [2.45, 2.75) is 83.3 Å². The average molecular weight is 364 g/mol. The van der Waals surface area contributed by atoms with Gasteiger partial charge in [0.05, 0.1) is 6.10 Å². The van der Waals surface area contributed by atoms with Crippen LogP contribution in [0.25, 0.3) is 0 Å². The number of hydrogen-bond acceptors (Lipinski definition) is 5. The number of fused-ring (bicyclic) bond motifs is 1. The van der Waals surface area contributed by atoms with Crippen LogP contribution < -0.4 is 0 Å². The van der Waals surface area contributed by atoms with E-state index in [9.17, 15) is 15.0 Å². The fourth-order valence-electron chi connectivity index (χ4n) is 3.53. The molecule has 2 rings (SSSR count). The molecule has 0 bridgehead atoms. The lowest BCUT2D eigenvalue weighted by molar-refractivity contribution is 0.0227. The number of hydrogen-bond donors (Lipinski definition) is 2. The Bertz CT molecular complexity index is 584. The Morgan fingerprint density at radius 2 is 1.77 bits per heavy atom. The standard InChI is InChI=1S/C21H32O5/c1-15(25-2)10-8-6-4-3-5-7-9-11-18-13-16-12-17(22)14-19(23)20(16)21(24)26-18/h12,14-15,18,22-23H,3-11,13H2,1-2H3. The Morgan fingerprint density at radius 3 is 2.46 bits per heavy atom. The van der Waals surface area contributed by atoms with Crippen LogP contribution in [-0.2, 0) is 15.9 Å². The molecule has 0 aliphatic carbocycles. The number of carbonyl (C=O) groups is 1. The first-order chi connectivity index (χ1) is 12.5. The number of benzene rings is 1. The number of aromatic hydroxyl groups is 2. The maximum atomic E-state index is 12.1. The maximum Gasteiger partial charge on any atom is 0.342 e. The summed E-state index contributed by atoms with van der Waals surface area (Å²) in [6, 6.07) is 2.73. The second-order valence-electron chi connectivity index (χ2n) is 7.33. The Hall–Kier alpha value is -1.75. The molecule has 2 unspecified atom stereocenters. The van der Waals surface area contributed by atoms with E-state index in [4.69, 9.17) is 9.47 Å². The van der Waals surface area contributed by atoms with Gasteiger partial charge in [-0.3, -0.25) is 0 Å². The number of carbonyl (C=O) groups excluding carboxylic acids is 1. The van der Waals surface area contributed by atoms with Crippen molar-refractivity contribution in [1.29, 1.82) is 0 Å². The highest BCUT2D eigenvalue weighted by Gasteiger charge is 2.29. The van der Waals surface area contributed by atoms with Crippen molar-refractivity contribution in [3.63, 3.8) is 0 Å². The summed E-state index contributed by atoms with van der Waals surface area (Å²) >= 11 is 0. The van der Waals surface area contributed by atoms with Gasteiger partial charge in [-0.1, -0.05) is 38.5 Å². The molecule has 5 heteroatoms. The topological polar surface area (TPSA) is 76.0 Å². The molecule has 1 aromatic carbocycles. The number of cyclic esters (lactones) is 1. The summed E-state index contributed by atoms with van der Waals surface area (Å²) in [4.78, 5) is 12.1. The third kappa shape index (κ3) is 6.20. The third-order valence-corrected chi connectivity index (χ3v) is 5.15. The highest BCUT2D eigenvalue weighted by atomic mass is 16.5. The summed E-state index contributed by atoms with van der Waals surface area (Å²) in [6.07, 6.45) is 11.1. The van der Waals surface area contributed by atoms with Crippen LogP contribution in [-0.4, -0.2) is 35.5 Å². The highest BCUT2D eigenvalue weighted by Crippen LogP contribution is 2.33. The molecule has 0 amide bonds. The molecule has 2 atom stereocenters. The number of methoxy groups -OCH3 is 1. The van der Waals surface area contributed by atoms with Gasteiger partial charge in [-0.25, -0.2) is 4.79 Å². The quantitative estimate of drug-likeness (QED) is 0.439. The van der Waals surface area contributed by atoms with Gasteiger partial charge in [0.1, 0.15) is 23.2 Å². The van der Waals surface area contributed by atoms with Crippen molar-refractivity contribution in [2.75, 3.05) is 7.11 Å². The van der Waals surface area contributed by atoms with E-state index in [1.807, 2.05) is 0 Å². The van der Waals surface area contributed by atoms with Gasteiger partial charge in [-0.15, -0.1) is 0 Å². The average Bonchev–Trinajstić information content (AvgIpc) is 2.59. The van der Waals surface area contributed by atoms with E-state index in [2.05, 4.69) is 6.92 Å². The Kier molecular flexibility index (Phi) is 8.23. The van der Waals surface area contributed by atoms with E-state index in [-0.39, 0.29) is 23.2 Å². The van der Waals surface area contributed by atoms with Crippen LogP contribution in [0.4, 0.5) is 0 Å². The molecule has 0 radical (unpaired) electrons. The molecule has 1 aliphatic rings. The van der Waals surface area contributed by atoms with Crippen molar-refractivity contribution >= 4 is 5.97 Å². The third-order valence-electron chi connectivity index (χ3n) is 5.15. The normalized spacial score (nSPS) is 17.6. The van der Waals surface area contributed by atoms with Crippen LogP contribution in [0.1, 0.15) is 80.6 Å². The lowest BCUT2D eigenvalue weighted by atomic mass is 9.94. The number of unbranched alkanes of at least 4 members (excludes halogenated alkanes) is 6. The predicted octanol–water partition coefficient (Wildman–Crippen LogP) is 4.73. The molecule has 5 nitrogen and oxygen atoms in total. The van der Waals surface area contributed by atoms with E-state index in [0.29, 0.717) is 18.1 Å². The fourth-order valence-corrected chi connectivity index (χ4v) is 3.53. The molecule has 0 saturated carbocycles. The minimum Gasteiger partial charge on any atom is -0.508 e. The summed E-state index contributed by atoms with van der Waals surface area (Å²) in [5, 5.41) is 19.4. The molecular formula is C21H32O5. The van der Waals surface area contributed by atoms with Crippen LogP contribution in [0.3, 0.4) is 0 Å². The van der Waals surface area contributed by atoms with Crippen LogP contribution >= 0.6 is 0 Å². The van der Waals surface area contributed by atoms with Crippen LogP contribution in [0.15, 0.2) is 12.1 Å². The van der Waals surface area contributed by atoms with Gasteiger partial charge in [-0.2, -0.15) is 0 Å². The molecule has 0 saturated heterocycles. The summed E-state index contributed by atoms with van der Waals surface area (Å²) in [6.45, 7) is 2.11. The highest BCUT2D eigenvalue weighted by molar-refractivity contribution is 5.95. The lowest BCUT2D eigenvalue weighted by Gasteiger charge is -2.25. The largest absolute Gasteiger partial charge is 0.508 e. The number of esters is 1. The van der Waals surface area contributed by atoms with E-state index < -0.39 is 5.97 Å². The summed E-state index contributed by atoms with van der Waals surface area (Å²) < 4.78 is 10.7. The monoisotopic (exact) mass is 364 g/mol. The van der Waals surface area contributed by atoms with Gasteiger partial charge < -0.3 is 19.7 Å². The van der Waals surface area contributed by atoms with E-state index in [1.165, 1.54) is 38.2 Å². The Balaban J connectivity index is 1.60. The second-order valence-corrected chi connectivity index (χ2v) is 7.33. The summed E-state index contributed by atoms with van der Waals surface area (Å²) in [5.74, 6) is -0.711. The van der Waals surface area contributed by atoms with Crippen LogP contribution in [0, 0.1) is 0 Å². The SMILES string of the molecule is COC(C)CCCCCCCCCC1Cc2cc(O)cc(O)c2C(=O)O1. The molecule has 1 aliphatic heterocycles. The van der Waals surface area contributed by atoms with Crippen molar-refractivity contribution in [3.05, 3.63) is 23.3 Å². The first-order valence-electron chi connectivity index (χ1n) is 9.80. The zero-order chi connectivity index (χ0) is 18.9.